The van der Waals surface area contributed by atoms with Gasteiger partial charge < -0.3 is 25.3 Å². The van der Waals surface area contributed by atoms with Crippen LogP contribution < -0.4 is 16.0 Å². The molecule has 1 aromatic heterocycles. The lowest BCUT2D eigenvalue weighted by Gasteiger charge is -2.22. The van der Waals surface area contributed by atoms with Crippen LogP contribution in [0.15, 0.2) is 18.2 Å². The van der Waals surface area contributed by atoms with Crippen molar-refractivity contribution in [2.75, 3.05) is 36.3 Å². The molecule has 10 heteroatoms. The summed E-state index contributed by atoms with van der Waals surface area (Å²) >= 11 is 11.8. The van der Waals surface area contributed by atoms with Crippen LogP contribution in [-0.2, 0) is 27.8 Å². The molecule has 2 rings (SSSR count). The van der Waals surface area contributed by atoms with Crippen molar-refractivity contribution < 1.29 is 14.3 Å². The van der Waals surface area contributed by atoms with Crippen molar-refractivity contribution >= 4 is 51.8 Å². The third-order valence-electron chi connectivity index (χ3n) is 4.54. The van der Waals surface area contributed by atoms with Crippen molar-refractivity contribution in [3.05, 3.63) is 24.0 Å². The number of hydrogen-bond acceptors (Lipinski definition) is 6. The molecule has 0 aliphatic heterocycles. The molecule has 0 aliphatic rings. The quantitative estimate of drug-likeness (QED) is 0.393. The lowest BCUT2D eigenvalue weighted by molar-refractivity contribution is -0.147. The number of aromatic nitrogens is 2. The van der Waals surface area contributed by atoms with Gasteiger partial charge in [-0.05, 0) is 32.0 Å². The van der Waals surface area contributed by atoms with E-state index in [2.05, 4.69) is 15.2 Å². The predicted molar refractivity (Wildman–Crippen MR) is 120 cm³/mol. The number of halogens is 2. The highest BCUT2D eigenvalue weighted by atomic mass is 35.5. The molecule has 0 fully saturated rings. The van der Waals surface area contributed by atoms with Gasteiger partial charge in [-0.2, -0.15) is 0 Å². The Morgan fingerprint density at radius 1 is 1.27 bits per heavy atom. The Labute approximate surface area is 186 Å². The molecule has 0 radical (unpaired) electrons. The molecule has 0 spiro atoms. The number of nitrogens with one attached hydrogen (secondary N) is 1. The summed E-state index contributed by atoms with van der Waals surface area (Å²) in [6, 6.07) is 5.12. The minimum atomic E-state index is -0.837. The number of ether oxygens (including phenoxy) is 1. The Balaban J connectivity index is 2.09. The molecule has 8 nitrogen and oxygen atoms in total. The summed E-state index contributed by atoms with van der Waals surface area (Å²) in [7, 11) is 1.88. The molecule has 0 aliphatic carbocycles. The van der Waals surface area contributed by atoms with E-state index in [4.69, 9.17) is 33.7 Å². The number of anilines is 1. The third kappa shape index (κ3) is 6.48. The van der Waals surface area contributed by atoms with Crippen LogP contribution in [0.3, 0.4) is 0 Å². The van der Waals surface area contributed by atoms with E-state index in [1.165, 1.54) is 0 Å². The first-order valence-electron chi connectivity index (χ1n) is 9.81. The highest BCUT2D eigenvalue weighted by molar-refractivity contribution is 6.18. The highest BCUT2D eigenvalue weighted by Crippen LogP contribution is 2.23. The molecule has 0 saturated carbocycles. The Hall–Kier alpha value is -2.03. The summed E-state index contributed by atoms with van der Waals surface area (Å²) in [6.45, 7) is 4.64. The van der Waals surface area contributed by atoms with Gasteiger partial charge in [-0.15, -0.1) is 23.2 Å². The fraction of sp³-hybridized carbons (Fsp3) is 0.550. The van der Waals surface area contributed by atoms with E-state index in [1.807, 2.05) is 29.8 Å². The van der Waals surface area contributed by atoms with Crippen LogP contribution in [0.5, 0.6) is 0 Å². The number of carbonyl (C=O) groups is 2. The summed E-state index contributed by atoms with van der Waals surface area (Å²) in [6.07, 6.45) is -0.00341. The highest BCUT2D eigenvalue weighted by Gasteiger charge is 2.19. The fourth-order valence-corrected chi connectivity index (χ4v) is 3.48. The maximum Gasteiger partial charge on any atom is 0.325 e. The normalized spacial score (nSPS) is 12.2. The summed E-state index contributed by atoms with van der Waals surface area (Å²) in [5, 5.41) is 2.51. The van der Waals surface area contributed by atoms with Gasteiger partial charge in [0.15, 0.2) is 0 Å². The summed E-state index contributed by atoms with van der Waals surface area (Å²) < 4.78 is 6.90. The predicted octanol–water partition coefficient (Wildman–Crippen LogP) is 1.79. The first-order valence-corrected chi connectivity index (χ1v) is 10.9. The van der Waals surface area contributed by atoms with Crippen LogP contribution in [0.25, 0.3) is 11.0 Å². The number of amides is 1. The van der Waals surface area contributed by atoms with Crippen molar-refractivity contribution in [3.8, 4) is 0 Å². The second kappa shape index (κ2) is 11.4. The van der Waals surface area contributed by atoms with E-state index in [1.54, 1.807) is 13.8 Å². The molecule has 1 aromatic carbocycles. The molecular weight excluding hydrogens is 429 g/mol. The first-order chi connectivity index (χ1) is 14.3. The number of nitrogens with zero attached hydrogens (tertiary/aromatic N) is 3. The molecule has 30 heavy (non-hydrogen) atoms. The topological polar surface area (TPSA) is 102 Å². The zero-order valence-electron chi connectivity index (χ0n) is 17.5. The average Bonchev–Trinajstić information content (AvgIpc) is 3.00. The molecule has 2 aromatic rings. The van der Waals surface area contributed by atoms with Crippen LogP contribution >= 0.6 is 23.2 Å². The number of alkyl halides is 2. The molecule has 3 N–H and O–H groups in total. The van der Waals surface area contributed by atoms with E-state index in [0.717, 1.165) is 16.7 Å². The lowest BCUT2D eigenvalue weighted by Crippen LogP contribution is -2.44. The monoisotopic (exact) mass is 457 g/mol. The molecule has 0 saturated heterocycles. The summed E-state index contributed by atoms with van der Waals surface area (Å²) in [5.41, 5.74) is 8.74. The fourth-order valence-electron chi connectivity index (χ4n) is 3.08. The number of nitrogens with two attached hydrogens (primary N) is 1. The number of imidazole rings is 1. The molecule has 1 heterocycles. The summed E-state index contributed by atoms with van der Waals surface area (Å²) in [5.74, 6) is 0.739. The lowest BCUT2D eigenvalue weighted by atomic mass is 10.2. The molecule has 1 amide bonds. The van der Waals surface area contributed by atoms with Crippen molar-refractivity contribution in [1.82, 2.24) is 14.9 Å². The Morgan fingerprint density at radius 2 is 1.93 bits per heavy atom. The van der Waals surface area contributed by atoms with Crippen molar-refractivity contribution in [1.29, 1.82) is 0 Å². The summed E-state index contributed by atoms with van der Waals surface area (Å²) in [4.78, 5) is 30.6. The third-order valence-corrected chi connectivity index (χ3v) is 4.88. The van der Waals surface area contributed by atoms with E-state index >= 15 is 0 Å². The largest absolute Gasteiger partial charge is 0.462 e. The van der Waals surface area contributed by atoms with E-state index in [0.29, 0.717) is 30.7 Å². The van der Waals surface area contributed by atoms with Gasteiger partial charge >= 0.3 is 5.97 Å². The number of aryl methyl sites for hydroxylation is 1. The zero-order chi connectivity index (χ0) is 22.3. The van der Waals surface area contributed by atoms with E-state index < -0.39 is 17.9 Å². The van der Waals surface area contributed by atoms with Crippen molar-refractivity contribution in [2.24, 2.45) is 12.8 Å². The zero-order valence-corrected chi connectivity index (χ0v) is 19.0. The van der Waals surface area contributed by atoms with E-state index in [9.17, 15) is 9.59 Å². The maximum atomic E-state index is 12.2. The van der Waals surface area contributed by atoms with Gasteiger partial charge in [0.2, 0.25) is 5.91 Å². The Morgan fingerprint density at radius 3 is 2.53 bits per heavy atom. The molecule has 1 unspecified atom stereocenters. The van der Waals surface area contributed by atoms with Gasteiger partial charge in [-0.3, -0.25) is 9.59 Å². The van der Waals surface area contributed by atoms with Crippen LogP contribution in [0.4, 0.5) is 5.69 Å². The molecular formula is C20H29Cl2N5O3. The Kier molecular flexibility index (Phi) is 9.20. The first kappa shape index (κ1) is 24.2. The maximum absolute atomic E-state index is 12.2. The minimum Gasteiger partial charge on any atom is -0.462 e. The van der Waals surface area contributed by atoms with Gasteiger partial charge in [-0.1, -0.05) is 0 Å². The standard InChI is InChI=1S/C20H29Cl2N5O3/c1-13(2)30-19(28)12-24-20(29)15(23)11-18-25-16-10-14(4-5-17(16)26(18)3)27(8-6-21)9-7-22/h4-5,10,13,15H,6-9,11-12,23H2,1-3H3,(H,24,29). The van der Waals surface area contributed by atoms with Crippen LogP contribution in [0.1, 0.15) is 19.7 Å². The second-order valence-corrected chi connectivity index (χ2v) is 7.95. The molecule has 166 valence electrons. The number of fused-ring (bicyclic) bond motifs is 1. The van der Waals surface area contributed by atoms with Gasteiger partial charge in [0, 0.05) is 44.0 Å². The van der Waals surface area contributed by atoms with E-state index in [-0.39, 0.29) is 19.1 Å². The number of benzene rings is 1. The number of esters is 1. The number of carbonyl (C=O) groups excluding carboxylic acids is 2. The molecule has 0 bridgehead atoms. The van der Waals surface area contributed by atoms with Gasteiger partial charge in [0.1, 0.15) is 12.4 Å². The van der Waals surface area contributed by atoms with Crippen LogP contribution in [-0.4, -0.2) is 65.0 Å². The van der Waals surface area contributed by atoms with Gasteiger partial charge in [-0.25, -0.2) is 4.98 Å². The number of rotatable bonds is 11. The van der Waals surface area contributed by atoms with Crippen LogP contribution in [0.2, 0.25) is 0 Å². The molecule has 1 atom stereocenters. The Bertz CT molecular complexity index is 865. The number of hydrogen-bond donors (Lipinski definition) is 2. The van der Waals surface area contributed by atoms with Crippen LogP contribution in [0, 0.1) is 0 Å². The van der Waals surface area contributed by atoms with Crippen molar-refractivity contribution in [3.63, 3.8) is 0 Å². The SMILES string of the molecule is CC(C)OC(=O)CNC(=O)C(N)Cc1nc2cc(N(CCCl)CCCl)ccc2n1C. The van der Waals surface area contributed by atoms with Crippen molar-refractivity contribution in [2.45, 2.75) is 32.4 Å². The smallest absolute Gasteiger partial charge is 0.325 e. The van der Waals surface area contributed by atoms with Gasteiger partial charge in [0.25, 0.3) is 0 Å². The average molecular weight is 458 g/mol. The minimum absolute atomic E-state index is 0.215. The van der Waals surface area contributed by atoms with Gasteiger partial charge in [0.05, 0.1) is 23.2 Å². The second-order valence-electron chi connectivity index (χ2n) is 7.19.